The van der Waals surface area contributed by atoms with Crippen LogP contribution in [0.3, 0.4) is 0 Å². The van der Waals surface area contributed by atoms with Gasteiger partial charge in [0, 0.05) is 12.6 Å². The van der Waals surface area contributed by atoms with Crippen LogP contribution in [0.15, 0.2) is 16.3 Å². The van der Waals surface area contributed by atoms with Gasteiger partial charge in [0.1, 0.15) is 9.77 Å². The molecule has 1 aromatic rings. The summed E-state index contributed by atoms with van der Waals surface area (Å²) in [7, 11) is -2.44. The number of hydrogen-bond acceptors (Lipinski definition) is 6. The van der Waals surface area contributed by atoms with Gasteiger partial charge in [-0.15, -0.1) is 11.3 Å². The molecule has 0 aromatic carbocycles. The fourth-order valence-electron chi connectivity index (χ4n) is 1.79. The molecule has 1 aliphatic heterocycles. The third kappa shape index (κ3) is 2.72. The first-order valence-corrected chi connectivity index (χ1v) is 7.80. The molecule has 2 rings (SSSR count). The third-order valence-electron chi connectivity index (χ3n) is 2.67. The van der Waals surface area contributed by atoms with Gasteiger partial charge in [0.05, 0.1) is 7.11 Å². The third-order valence-corrected chi connectivity index (χ3v) is 5.26. The van der Waals surface area contributed by atoms with Gasteiger partial charge in [0.15, 0.2) is 0 Å². The molecule has 1 atom stereocenters. The summed E-state index contributed by atoms with van der Waals surface area (Å²) in [5, 5.41) is 4.64. The molecule has 0 spiro atoms. The van der Waals surface area contributed by atoms with Crippen LogP contribution in [-0.2, 0) is 14.8 Å². The topological polar surface area (TPSA) is 84.5 Å². The van der Waals surface area contributed by atoms with Crippen LogP contribution in [0.1, 0.15) is 16.1 Å². The van der Waals surface area contributed by atoms with Crippen molar-refractivity contribution in [3.63, 3.8) is 0 Å². The average Bonchev–Trinajstić information content (AvgIpc) is 2.97. The van der Waals surface area contributed by atoms with E-state index in [1.807, 2.05) is 0 Å². The number of sulfonamides is 1. The minimum atomic E-state index is -3.67. The molecule has 8 heteroatoms. The molecule has 100 valence electrons. The summed E-state index contributed by atoms with van der Waals surface area (Å²) in [6.45, 7) is 1.40. The zero-order valence-corrected chi connectivity index (χ0v) is 11.4. The van der Waals surface area contributed by atoms with E-state index in [2.05, 4.69) is 14.8 Å². The molecule has 0 bridgehead atoms. The van der Waals surface area contributed by atoms with Crippen LogP contribution in [0.5, 0.6) is 0 Å². The van der Waals surface area contributed by atoms with Gasteiger partial charge in [-0.1, -0.05) is 0 Å². The molecule has 0 radical (unpaired) electrons. The van der Waals surface area contributed by atoms with Crippen molar-refractivity contribution in [2.45, 2.75) is 17.4 Å². The highest BCUT2D eigenvalue weighted by Crippen LogP contribution is 2.23. The lowest BCUT2D eigenvalue weighted by Gasteiger charge is -2.11. The lowest BCUT2D eigenvalue weighted by molar-refractivity contribution is 0.0602. The second kappa shape index (κ2) is 5.35. The maximum atomic E-state index is 12.2. The fraction of sp³-hybridized carbons (Fsp3) is 0.500. The predicted molar refractivity (Wildman–Crippen MR) is 67.3 cm³/mol. The van der Waals surface area contributed by atoms with Gasteiger partial charge >= 0.3 is 5.97 Å². The van der Waals surface area contributed by atoms with Crippen molar-refractivity contribution in [3.05, 3.63) is 16.3 Å². The minimum absolute atomic E-state index is 0.00810. The first kappa shape index (κ1) is 13.5. The monoisotopic (exact) mass is 290 g/mol. The Hall–Kier alpha value is -0.960. The van der Waals surface area contributed by atoms with Gasteiger partial charge in [-0.2, -0.15) is 0 Å². The molecular formula is C10H14N2O4S2. The predicted octanol–water partition coefficient (Wildman–Crippen LogP) is 0.175. The Morgan fingerprint density at radius 2 is 2.39 bits per heavy atom. The molecule has 1 aromatic heterocycles. The summed E-state index contributed by atoms with van der Waals surface area (Å²) in [4.78, 5) is 11.6. The van der Waals surface area contributed by atoms with Crippen molar-refractivity contribution in [3.8, 4) is 0 Å². The highest BCUT2D eigenvalue weighted by Gasteiger charge is 2.28. The number of thiophene rings is 1. The molecule has 0 unspecified atom stereocenters. The Kier molecular flexibility index (Phi) is 4.00. The fourth-order valence-corrected chi connectivity index (χ4v) is 4.39. The van der Waals surface area contributed by atoms with Crippen LogP contribution in [-0.4, -0.2) is 40.6 Å². The molecule has 1 fully saturated rings. The molecule has 0 saturated carbocycles. The van der Waals surface area contributed by atoms with Gasteiger partial charge < -0.3 is 10.1 Å². The minimum Gasteiger partial charge on any atom is -0.465 e. The summed E-state index contributed by atoms with van der Waals surface area (Å²) in [6, 6.07) is 1.29. The Morgan fingerprint density at radius 3 is 3.00 bits per heavy atom. The summed E-state index contributed by atoms with van der Waals surface area (Å²) in [5.41, 5.74) is 0. The van der Waals surface area contributed by atoms with E-state index in [0.717, 1.165) is 24.3 Å². The van der Waals surface area contributed by atoms with Gasteiger partial charge in [0.2, 0.25) is 10.0 Å². The summed E-state index contributed by atoms with van der Waals surface area (Å²) in [6.07, 6.45) is 0.747. The van der Waals surface area contributed by atoms with E-state index in [1.165, 1.54) is 13.2 Å². The van der Waals surface area contributed by atoms with Crippen molar-refractivity contribution in [2.75, 3.05) is 20.2 Å². The first-order chi connectivity index (χ1) is 8.54. The molecule has 18 heavy (non-hydrogen) atoms. The Bertz CT molecular complexity index is 532. The second-order valence-electron chi connectivity index (χ2n) is 3.92. The highest BCUT2D eigenvalue weighted by molar-refractivity contribution is 7.89. The molecule has 0 aliphatic carbocycles. The number of hydrogen-bond donors (Lipinski definition) is 2. The van der Waals surface area contributed by atoms with Crippen molar-refractivity contribution >= 4 is 27.3 Å². The van der Waals surface area contributed by atoms with Crippen LogP contribution in [0.4, 0.5) is 0 Å². The van der Waals surface area contributed by atoms with E-state index in [0.29, 0.717) is 6.54 Å². The summed E-state index contributed by atoms with van der Waals surface area (Å²) < 4.78 is 31.5. The molecule has 2 N–H and O–H groups in total. The number of ether oxygens (including phenoxy) is 1. The van der Waals surface area contributed by atoms with Gasteiger partial charge in [-0.05, 0) is 24.4 Å². The lowest BCUT2D eigenvalue weighted by Crippen LogP contribution is -2.36. The maximum Gasteiger partial charge on any atom is 0.349 e. The molecule has 2 heterocycles. The number of nitrogens with one attached hydrogen (secondary N) is 2. The normalized spacial score (nSPS) is 19.9. The van der Waals surface area contributed by atoms with E-state index in [-0.39, 0.29) is 15.8 Å². The number of esters is 1. The van der Waals surface area contributed by atoms with Crippen LogP contribution >= 0.6 is 11.3 Å². The summed E-state index contributed by atoms with van der Waals surface area (Å²) >= 11 is 1.06. The summed E-state index contributed by atoms with van der Waals surface area (Å²) in [5.74, 6) is -0.630. The molecular weight excluding hydrogens is 276 g/mol. The van der Waals surface area contributed by atoms with Crippen LogP contribution < -0.4 is 10.0 Å². The van der Waals surface area contributed by atoms with Crippen LogP contribution in [0.2, 0.25) is 0 Å². The van der Waals surface area contributed by atoms with E-state index in [9.17, 15) is 13.2 Å². The Morgan fingerprint density at radius 1 is 1.61 bits per heavy atom. The van der Waals surface area contributed by atoms with E-state index < -0.39 is 16.0 Å². The highest BCUT2D eigenvalue weighted by atomic mass is 32.2. The average molecular weight is 290 g/mol. The lowest BCUT2D eigenvalue weighted by atomic mass is 10.3. The standard InChI is InChI=1S/C10H14N2O4S2/c1-16-10(13)9-8(3-5-17-9)18(14,15)12-7-2-4-11-6-7/h3,5,7,11-12H,2,4,6H2,1H3/t7-/m1/s1. The Labute approximate surface area is 109 Å². The molecule has 6 nitrogen and oxygen atoms in total. The van der Waals surface area contributed by atoms with Crippen LogP contribution in [0.25, 0.3) is 0 Å². The van der Waals surface area contributed by atoms with Crippen molar-refractivity contribution in [2.24, 2.45) is 0 Å². The Balaban J connectivity index is 2.24. The first-order valence-electron chi connectivity index (χ1n) is 5.43. The van der Waals surface area contributed by atoms with Gasteiger partial charge in [0.25, 0.3) is 0 Å². The smallest absolute Gasteiger partial charge is 0.349 e. The van der Waals surface area contributed by atoms with E-state index in [4.69, 9.17) is 0 Å². The zero-order chi connectivity index (χ0) is 13.2. The number of carbonyl (C=O) groups is 1. The SMILES string of the molecule is COC(=O)c1sccc1S(=O)(=O)N[C@@H]1CCNC1. The number of methoxy groups -OCH3 is 1. The van der Waals surface area contributed by atoms with E-state index in [1.54, 1.807) is 5.38 Å². The largest absolute Gasteiger partial charge is 0.465 e. The number of rotatable bonds is 4. The quantitative estimate of drug-likeness (QED) is 0.773. The van der Waals surface area contributed by atoms with Crippen molar-refractivity contribution < 1.29 is 17.9 Å². The molecule has 0 amide bonds. The van der Waals surface area contributed by atoms with Crippen molar-refractivity contribution in [1.82, 2.24) is 10.0 Å². The van der Waals surface area contributed by atoms with Gasteiger partial charge in [-0.3, -0.25) is 0 Å². The molecule has 1 saturated heterocycles. The van der Waals surface area contributed by atoms with E-state index >= 15 is 0 Å². The van der Waals surface area contributed by atoms with Gasteiger partial charge in [-0.25, -0.2) is 17.9 Å². The van der Waals surface area contributed by atoms with Crippen LogP contribution in [0, 0.1) is 0 Å². The zero-order valence-electron chi connectivity index (χ0n) is 9.80. The molecule has 1 aliphatic rings. The number of carbonyl (C=O) groups excluding carboxylic acids is 1. The van der Waals surface area contributed by atoms with Crippen molar-refractivity contribution in [1.29, 1.82) is 0 Å². The maximum absolute atomic E-state index is 12.2. The second-order valence-corrected chi connectivity index (χ2v) is 6.52.